The first-order valence-corrected chi connectivity index (χ1v) is 11.4. The number of aryl methyl sites for hydroxylation is 1. The van der Waals surface area contributed by atoms with Crippen LogP contribution in [0.2, 0.25) is 0 Å². The molecule has 5 aromatic rings. The lowest BCUT2D eigenvalue weighted by molar-refractivity contribution is 0.415. The Hall–Kier alpha value is -3.91. The van der Waals surface area contributed by atoms with Gasteiger partial charge in [0, 0.05) is 29.3 Å². The minimum atomic E-state index is -0.0998. The number of para-hydroxylation sites is 1. The molecule has 3 heterocycles. The SMILES string of the molecule is COc1cccc(-c2nnc(SCc3cc(=O)n4ccc(C)cc4n3)n2-c2ccccc2)c1. The van der Waals surface area contributed by atoms with Crippen LogP contribution in [0.25, 0.3) is 22.7 Å². The molecule has 0 bridgehead atoms. The molecule has 5 rings (SSSR count). The molecule has 0 saturated carbocycles. The number of pyridine rings is 1. The highest BCUT2D eigenvalue weighted by molar-refractivity contribution is 7.98. The number of thioether (sulfide) groups is 1. The van der Waals surface area contributed by atoms with E-state index < -0.39 is 0 Å². The molecular formula is C25H21N5O2S. The van der Waals surface area contributed by atoms with Gasteiger partial charge in [-0.15, -0.1) is 10.2 Å². The second kappa shape index (κ2) is 8.91. The van der Waals surface area contributed by atoms with E-state index in [-0.39, 0.29) is 5.56 Å². The van der Waals surface area contributed by atoms with Crippen molar-refractivity contribution in [1.82, 2.24) is 24.1 Å². The molecule has 0 aliphatic heterocycles. The molecule has 2 aromatic carbocycles. The standard InChI is InChI=1S/C25H21N5O2S/c1-17-11-12-29-22(13-17)26-19(15-23(29)31)16-33-25-28-27-24(18-7-6-10-21(14-18)32-2)30(25)20-8-4-3-5-9-20/h3-15H,16H2,1-2H3. The maximum absolute atomic E-state index is 12.5. The second-order valence-corrected chi connectivity index (χ2v) is 8.46. The zero-order valence-electron chi connectivity index (χ0n) is 18.2. The van der Waals surface area contributed by atoms with Gasteiger partial charge in [-0.05, 0) is 48.9 Å². The fraction of sp³-hybridized carbons (Fsp3) is 0.120. The summed E-state index contributed by atoms with van der Waals surface area (Å²) in [5.74, 6) is 1.95. The van der Waals surface area contributed by atoms with Gasteiger partial charge in [-0.25, -0.2) is 4.98 Å². The summed E-state index contributed by atoms with van der Waals surface area (Å²) < 4.78 is 8.95. The van der Waals surface area contributed by atoms with Crippen molar-refractivity contribution in [2.45, 2.75) is 17.8 Å². The third-order valence-corrected chi connectivity index (χ3v) is 6.16. The Morgan fingerprint density at radius 2 is 1.82 bits per heavy atom. The summed E-state index contributed by atoms with van der Waals surface area (Å²) in [5.41, 5.74) is 4.14. The summed E-state index contributed by atoms with van der Waals surface area (Å²) in [5, 5.41) is 9.66. The van der Waals surface area contributed by atoms with Crippen molar-refractivity contribution in [3.8, 4) is 22.8 Å². The van der Waals surface area contributed by atoms with Gasteiger partial charge in [0.25, 0.3) is 5.56 Å². The van der Waals surface area contributed by atoms with Crippen molar-refractivity contribution >= 4 is 17.4 Å². The van der Waals surface area contributed by atoms with Crippen molar-refractivity contribution in [2.75, 3.05) is 7.11 Å². The summed E-state index contributed by atoms with van der Waals surface area (Å²) in [6.45, 7) is 1.98. The van der Waals surface area contributed by atoms with Crippen LogP contribution in [0.15, 0.2) is 88.9 Å². The molecular weight excluding hydrogens is 434 g/mol. The summed E-state index contributed by atoms with van der Waals surface area (Å²) in [4.78, 5) is 17.2. The average Bonchev–Trinajstić information content (AvgIpc) is 3.27. The van der Waals surface area contributed by atoms with Crippen LogP contribution in [0, 0.1) is 6.92 Å². The lowest BCUT2D eigenvalue weighted by Crippen LogP contribution is -2.15. The third kappa shape index (κ3) is 4.25. The number of aromatic nitrogens is 5. The molecule has 3 aromatic heterocycles. The zero-order chi connectivity index (χ0) is 22.8. The number of nitrogens with zero attached hydrogens (tertiary/aromatic N) is 5. The van der Waals surface area contributed by atoms with Crippen LogP contribution in [-0.4, -0.2) is 31.3 Å². The molecule has 0 unspecified atom stereocenters. The van der Waals surface area contributed by atoms with E-state index in [1.807, 2.05) is 78.2 Å². The number of rotatable bonds is 6. The van der Waals surface area contributed by atoms with Crippen LogP contribution in [0.1, 0.15) is 11.3 Å². The lowest BCUT2D eigenvalue weighted by Gasteiger charge is -2.11. The average molecular weight is 456 g/mol. The number of methoxy groups -OCH3 is 1. The Balaban J connectivity index is 1.53. The van der Waals surface area contributed by atoms with E-state index >= 15 is 0 Å². The Morgan fingerprint density at radius 1 is 0.970 bits per heavy atom. The van der Waals surface area contributed by atoms with Crippen molar-refractivity contribution in [3.63, 3.8) is 0 Å². The van der Waals surface area contributed by atoms with E-state index in [1.165, 1.54) is 11.8 Å². The van der Waals surface area contributed by atoms with Crippen molar-refractivity contribution in [3.05, 3.63) is 101 Å². The predicted molar refractivity (Wildman–Crippen MR) is 129 cm³/mol. The number of fused-ring (bicyclic) bond motifs is 1. The van der Waals surface area contributed by atoms with Gasteiger partial charge in [0.1, 0.15) is 11.4 Å². The topological polar surface area (TPSA) is 74.3 Å². The van der Waals surface area contributed by atoms with E-state index in [0.29, 0.717) is 28.1 Å². The van der Waals surface area contributed by atoms with Gasteiger partial charge >= 0.3 is 0 Å². The Labute approximate surface area is 194 Å². The van der Waals surface area contributed by atoms with Crippen LogP contribution in [0.3, 0.4) is 0 Å². The highest BCUT2D eigenvalue weighted by Gasteiger charge is 2.17. The van der Waals surface area contributed by atoms with Crippen LogP contribution in [0.4, 0.5) is 0 Å². The summed E-state index contributed by atoms with van der Waals surface area (Å²) in [6, 6.07) is 23.1. The number of hydrogen-bond donors (Lipinski definition) is 0. The molecule has 0 N–H and O–H groups in total. The van der Waals surface area contributed by atoms with Gasteiger partial charge in [0.15, 0.2) is 11.0 Å². The maximum atomic E-state index is 12.5. The highest BCUT2D eigenvalue weighted by Crippen LogP contribution is 2.30. The molecule has 0 radical (unpaired) electrons. The monoisotopic (exact) mass is 455 g/mol. The van der Waals surface area contributed by atoms with Gasteiger partial charge in [-0.1, -0.05) is 42.1 Å². The molecule has 7 nitrogen and oxygen atoms in total. The van der Waals surface area contributed by atoms with E-state index in [1.54, 1.807) is 23.8 Å². The zero-order valence-corrected chi connectivity index (χ0v) is 19.0. The lowest BCUT2D eigenvalue weighted by atomic mass is 10.2. The summed E-state index contributed by atoms with van der Waals surface area (Å²) >= 11 is 1.49. The summed E-state index contributed by atoms with van der Waals surface area (Å²) in [6.07, 6.45) is 1.75. The number of hydrogen-bond acceptors (Lipinski definition) is 6. The maximum Gasteiger partial charge on any atom is 0.258 e. The molecule has 0 atom stereocenters. The van der Waals surface area contributed by atoms with E-state index in [9.17, 15) is 4.79 Å². The van der Waals surface area contributed by atoms with Crippen LogP contribution >= 0.6 is 11.8 Å². The van der Waals surface area contributed by atoms with E-state index in [0.717, 1.165) is 22.6 Å². The Morgan fingerprint density at radius 3 is 2.64 bits per heavy atom. The Bertz CT molecular complexity index is 1490. The molecule has 33 heavy (non-hydrogen) atoms. The normalized spacial score (nSPS) is 11.1. The molecule has 0 aliphatic rings. The first-order valence-electron chi connectivity index (χ1n) is 10.4. The molecule has 0 fully saturated rings. The van der Waals surface area contributed by atoms with E-state index in [4.69, 9.17) is 4.74 Å². The van der Waals surface area contributed by atoms with Gasteiger partial charge in [0.05, 0.1) is 12.8 Å². The third-order valence-electron chi connectivity index (χ3n) is 5.20. The smallest absolute Gasteiger partial charge is 0.258 e. The molecule has 0 aliphatic carbocycles. The van der Waals surface area contributed by atoms with Crippen LogP contribution < -0.4 is 10.3 Å². The van der Waals surface area contributed by atoms with Crippen LogP contribution in [0.5, 0.6) is 5.75 Å². The van der Waals surface area contributed by atoms with Crippen molar-refractivity contribution < 1.29 is 4.74 Å². The minimum absolute atomic E-state index is 0.0998. The fourth-order valence-corrected chi connectivity index (χ4v) is 4.43. The van der Waals surface area contributed by atoms with E-state index in [2.05, 4.69) is 15.2 Å². The van der Waals surface area contributed by atoms with Gasteiger partial charge in [-0.2, -0.15) is 0 Å². The van der Waals surface area contributed by atoms with Gasteiger partial charge in [-0.3, -0.25) is 13.8 Å². The molecule has 0 amide bonds. The predicted octanol–water partition coefficient (Wildman–Crippen LogP) is 4.55. The molecule has 0 spiro atoms. The molecule has 164 valence electrons. The second-order valence-electron chi connectivity index (χ2n) is 7.52. The fourth-order valence-electron chi connectivity index (χ4n) is 3.59. The number of ether oxygens (including phenoxy) is 1. The van der Waals surface area contributed by atoms with Crippen LogP contribution in [-0.2, 0) is 5.75 Å². The highest BCUT2D eigenvalue weighted by atomic mass is 32.2. The minimum Gasteiger partial charge on any atom is -0.497 e. The molecule has 8 heteroatoms. The Kier molecular flexibility index (Phi) is 5.66. The van der Waals surface area contributed by atoms with Crippen molar-refractivity contribution in [1.29, 1.82) is 0 Å². The summed E-state index contributed by atoms with van der Waals surface area (Å²) in [7, 11) is 1.64. The largest absolute Gasteiger partial charge is 0.497 e. The van der Waals surface area contributed by atoms with Gasteiger partial charge < -0.3 is 4.74 Å². The van der Waals surface area contributed by atoms with Crippen molar-refractivity contribution in [2.24, 2.45) is 0 Å². The number of benzene rings is 2. The molecule has 0 saturated heterocycles. The first-order chi connectivity index (χ1) is 16.1. The van der Waals surface area contributed by atoms with Gasteiger partial charge in [0.2, 0.25) is 0 Å². The quantitative estimate of drug-likeness (QED) is 0.350. The first kappa shape index (κ1) is 21.0.